The van der Waals surface area contributed by atoms with Crippen molar-refractivity contribution in [2.75, 3.05) is 6.86 Å². The Hall–Kier alpha value is -1.79. The van der Waals surface area contributed by atoms with Crippen LogP contribution in [0.1, 0.15) is 0 Å². The van der Waals surface area contributed by atoms with Crippen LogP contribution in [-0.4, -0.2) is 11.8 Å². The molecule has 0 aliphatic heterocycles. The fraction of sp³-hybridized carbons (Fsp3) is 0.143. The van der Waals surface area contributed by atoms with Crippen LogP contribution in [-0.2, 0) is 0 Å². The van der Waals surface area contributed by atoms with Crippen LogP contribution in [0, 0.1) is 21.7 Å². The van der Waals surface area contributed by atoms with E-state index in [4.69, 9.17) is 0 Å². The Labute approximate surface area is 76.1 Å². The van der Waals surface area contributed by atoms with Gasteiger partial charge in [0.25, 0.3) is 0 Å². The van der Waals surface area contributed by atoms with Gasteiger partial charge in [0.1, 0.15) is 0 Å². The number of halogens is 3. The molecule has 0 saturated carbocycles. The van der Waals surface area contributed by atoms with Crippen molar-refractivity contribution >= 4 is 5.69 Å². The van der Waals surface area contributed by atoms with Gasteiger partial charge in [0.2, 0.25) is 18.5 Å². The summed E-state index contributed by atoms with van der Waals surface area (Å²) in [5, 5.41) is 10.1. The van der Waals surface area contributed by atoms with Crippen LogP contribution in [0.2, 0.25) is 0 Å². The summed E-state index contributed by atoms with van der Waals surface area (Å²) in [7, 11) is 0. The van der Waals surface area contributed by atoms with Crippen molar-refractivity contribution in [1.82, 2.24) is 0 Å². The van der Waals surface area contributed by atoms with Crippen molar-refractivity contribution in [1.29, 1.82) is 0 Å². The maximum atomic E-state index is 12.8. The van der Waals surface area contributed by atoms with Gasteiger partial charge in [0, 0.05) is 6.07 Å². The second kappa shape index (κ2) is 3.95. The molecule has 0 atom stereocenters. The lowest BCUT2D eigenvalue weighted by atomic mass is 10.3. The fourth-order valence-electron chi connectivity index (χ4n) is 0.833. The van der Waals surface area contributed by atoms with Crippen molar-refractivity contribution in [3.8, 4) is 5.75 Å². The first-order valence-electron chi connectivity index (χ1n) is 3.39. The average Bonchev–Trinajstić information content (AvgIpc) is 2.13. The smallest absolute Gasteiger partial charge is 0.308 e. The number of benzene rings is 1. The highest BCUT2D eigenvalue weighted by molar-refractivity contribution is 5.39. The van der Waals surface area contributed by atoms with Crippen molar-refractivity contribution in [3.63, 3.8) is 0 Å². The number of nitro benzene ring substituents is 1. The van der Waals surface area contributed by atoms with Gasteiger partial charge in [-0.2, -0.15) is 8.78 Å². The molecule has 0 radical (unpaired) electrons. The first-order valence-corrected chi connectivity index (χ1v) is 3.39. The van der Waals surface area contributed by atoms with Gasteiger partial charge < -0.3 is 4.74 Å². The molecule has 0 heterocycles. The van der Waals surface area contributed by atoms with E-state index < -0.39 is 34.9 Å². The third kappa shape index (κ3) is 1.76. The lowest BCUT2D eigenvalue weighted by molar-refractivity contribution is -0.387. The largest absolute Gasteiger partial charge is 0.460 e. The Morgan fingerprint density at radius 1 is 1.36 bits per heavy atom. The van der Waals surface area contributed by atoms with Crippen LogP contribution in [0.5, 0.6) is 5.75 Å². The topological polar surface area (TPSA) is 52.4 Å². The normalized spacial score (nSPS) is 9.93. The molecule has 0 N–H and O–H groups in total. The standard InChI is InChI=1S/C7H4F3NO3/c8-3-14-5-2-1-4(11(12)13)6(9)7(5)10/h1-2H,3H2. The van der Waals surface area contributed by atoms with E-state index in [1.165, 1.54) is 0 Å². The monoisotopic (exact) mass is 207 g/mol. The van der Waals surface area contributed by atoms with Crippen LogP contribution >= 0.6 is 0 Å². The van der Waals surface area contributed by atoms with Gasteiger partial charge in [-0.15, -0.1) is 0 Å². The zero-order valence-corrected chi connectivity index (χ0v) is 6.67. The molecule has 0 aliphatic rings. The van der Waals surface area contributed by atoms with Gasteiger partial charge in [-0.25, -0.2) is 4.39 Å². The van der Waals surface area contributed by atoms with Gasteiger partial charge in [0.15, 0.2) is 5.75 Å². The third-order valence-electron chi connectivity index (χ3n) is 1.43. The van der Waals surface area contributed by atoms with E-state index in [1.54, 1.807) is 0 Å². The Kier molecular flexibility index (Phi) is 2.90. The van der Waals surface area contributed by atoms with Crippen LogP contribution in [0.3, 0.4) is 0 Å². The zero-order chi connectivity index (χ0) is 10.7. The summed E-state index contributed by atoms with van der Waals surface area (Å²) >= 11 is 0. The highest BCUT2D eigenvalue weighted by atomic mass is 19.2. The third-order valence-corrected chi connectivity index (χ3v) is 1.43. The van der Waals surface area contributed by atoms with E-state index in [-0.39, 0.29) is 0 Å². The maximum Gasteiger partial charge on any atom is 0.308 e. The van der Waals surface area contributed by atoms with Crippen molar-refractivity contribution in [2.45, 2.75) is 0 Å². The van der Waals surface area contributed by atoms with Crippen LogP contribution < -0.4 is 4.74 Å². The van der Waals surface area contributed by atoms with E-state index in [0.717, 1.165) is 6.07 Å². The summed E-state index contributed by atoms with van der Waals surface area (Å²) < 4.78 is 41.3. The fourth-order valence-corrected chi connectivity index (χ4v) is 0.833. The molecule has 0 unspecified atom stereocenters. The first kappa shape index (κ1) is 10.3. The Morgan fingerprint density at radius 2 is 2.00 bits per heavy atom. The molecule has 0 fully saturated rings. The molecule has 0 aromatic heterocycles. The van der Waals surface area contributed by atoms with Gasteiger partial charge in [-0.05, 0) is 6.07 Å². The molecule has 0 amide bonds. The van der Waals surface area contributed by atoms with Crippen LogP contribution in [0.25, 0.3) is 0 Å². The lowest BCUT2D eigenvalue weighted by Crippen LogP contribution is -2.00. The van der Waals surface area contributed by atoms with Crippen molar-refractivity contribution in [2.24, 2.45) is 0 Å². The number of rotatable bonds is 3. The van der Waals surface area contributed by atoms with E-state index in [0.29, 0.717) is 6.07 Å². The number of nitrogens with zero attached hydrogens (tertiary/aromatic N) is 1. The van der Waals surface area contributed by atoms with E-state index in [9.17, 15) is 23.3 Å². The second-order valence-electron chi connectivity index (χ2n) is 2.22. The number of nitro groups is 1. The van der Waals surface area contributed by atoms with Crippen molar-refractivity contribution < 1.29 is 22.8 Å². The predicted octanol–water partition coefficient (Wildman–Crippen LogP) is 2.18. The zero-order valence-electron chi connectivity index (χ0n) is 6.67. The Bertz CT molecular complexity index is 369. The summed E-state index contributed by atoms with van der Waals surface area (Å²) in [5.74, 6) is -3.94. The molecule has 76 valence electrons. The summed E-state index contributed by atoms with van der Waals surface area (Å²) in [6, 6.07) is 1.49. The van der Waals surface area contributed by atoms with Gasteiger partial charge in [-0.1, -0.05) is 0 Å². The molecule has 0 aliphatic carbocycles. The summed E-state index contributed by atoms with van der Waals surface area (Å²) in [6.07, 6.45) is 0. The number of alkyl halides is 1. The Balaban J connectivity index is 3.19. The highest BCUT2D eigenvalue weighted by Crippen LogP contribution is 2.27. The van der Waals surface area contributed by atoms with Crippen LogP contribution in [0.4, 0.5) is 18.9 Å². The molecular formula is C7H4F3NO3. The summed E-state index contributed by atoms with van der Waals surface area (Å²) in [5.41, 5.74) is -1.02. The van der Waals surface area contributed by atoms with Gasteiger partial charge in [0.05, 0.1) is 4.92 Å². The molecule has 1 rings (SSSR count). The minimum Gasteiger partial charge on any atom is -0.460 e. The Morgan fingerprint density at radius 3 is 2.50 bits per heavy atom. The lowest BCUT2D eigenvalue weighted by Gasteiger charge is -2.02. The van der Waals surface area contributed by atoms with Gasteiger partial charge in [-0.3, -0.25) is 10.1 Å². The quantitative estimate of drug-likeness (QED) is 0.563. The van der Waals surface area contributed by atoms with E-state index in [1.807, 2.05) is 0 Å². The number of ether oxygens (including phenoxy) is 1. The molecular weight excluding hydrogens is 203 g/mol. The number of hydrogen-bond acceptors (Lipinski definition) is 3. The molecule has 1 aromatic rings. The molecule has 0 saturated heterocycles. The second-order valence-corrected chi connectivity index (χ2v) is 2.22. The minimum absolute atomic E-state index is 0.698. The van der Waals surface area contributed by atoms with Gasteiger partial charge >= 0.3 is 5.69 Å². The molecule has 7 heteroatoms. The van der Waals surface area contributed by atoms with E-state index in [2.05, 4.69) is 4.74 Å². The molecule has 1 aromatic carbocycles. The van der Waals surface area contributed by atoms with Crippen molar-refractivity contribution in [3.05, 3.63) is 33.9 Å². The average molecular weight is 207 g/mol. The summed E-state index contributed by atoms with van der Waals surface area (Å²) in [6.45, 7) is -1.34. The predicted molar refractivity (Wildman–Crippen MR) is 39.6 cm³/mol. The van der Waals surface area contributed by atoms with E-state index >= 15 is 0 Å². The molecule has 14 heavy (non-hydrogen) atoms. The first-order chi connectivity index (χ1) is 6.57. The molecule has 0 bridgehead atoms. The number of hydrogen-bond donors (Lipinski definition) is 0. The molecule has 4 nitrogen and oxygen atoms in total. The highest BCUT2D eigenvalue weighted by Gasteiger charge is 2.21. The van der Waals surface area contributed by atoms with Crippen LogP contribution in [0.15, 0.2) is 12.1 Å². The molecule has 0 spiro atoms. The summed E-state index contributed by atoms with van der Waals surface area (Å²) in [4.78, 5) is 9.04. The SMILES string of the molecule is O=[N+]([O-])c1ccc(OCF)c(F)c1F. The minimum atomic E-state index is -1.67. The maximum absolute atomic E-state index is 12.8.